The van der Waals surface area contributed by atoms with Crippen LogP contribution in [0.25, 0.3) is 0 Å². The van der Waals surface area contributed by atoms with Crippen LogP contribution in [-0.4, -0.2) is 33.2 Å². The summed E-state index contributed by atoms with van der Waals surface area (Å²) in [7, 11) is 0. The molecule has 0 atom stereocenters. The highest BCUT2D eigenvalue weighted by molar-refractivity contribution is 8.23. The highest BCUT2D eigenvalue weighted by Gasteiger charge is 2.34. The van der Waals surface area contributed by atoms with Gasteiger partial charge in [0.25, 0.3) is 11.8 Å². The molecule has 0 saturated carbocycles. The molecule has 1 aromatic carbocycles. The maximum Gasteiger partial charge on any atom is 0.261 e. The normalized spacial score (nSPS) is 13.9. The third-order valence-corrected chi connectivity index (χ3v) is 4.10. The predicted octanol–water partition coefficient (Wildman–Crippen LogP) is 2.75. The van der Waals surface area contributed by atoms with Gasteiger partial charge in [0, 0.05) is 17.2 Å². The van der Waals surface area contributed by atoms with E-state index in [-0.39, 0.29) is 11.8 Å². The van der Waals surface area contributed by atoms with Crippen molar-refractivity contribution in [3.63, 3.8) is 0 Å². The van der Waals surface area contributed by atoms with Crippen LogP contribution in [0.5, 0.6) is 0 Å². The van der Waals surface area contributed by atoms with Gasteiger partial charge in [-0.25, -0.2) is 0 Å². The lowest BCUT2D eigenvalue weighted by atomic mass is 10.1. The summed E-state index contributed by atoms with van der Waals surface area (Å²) in [6, 6.07) is 6.92. The zero-order chi connectivity index (χ0) is 13.1. The van der Waals surface area contributed by atoms with Gasteiger partial charge in [-0.2, -0.15) is 0 Å². The fourth-order valence-corrected chi connectivity index (χ4v) is 2.88. The van der Waals surface area contributed by atoms with Crippen LogP contribution in [0.1, 0.15) is 34.1 Å². The van der Waals surface area contributed by atoms with E-state index < -0.39 is 0 Å². The number of thioether (sulfide) groups is 1. The summed E-state index contributed by atoms with van der Waals surface area (Å²) in [5.74, 6) is 0.501. The molecule has 0 bridgehead atoms. The molecule has 0 aliphatic carbocycles. The van der Waals surface area contributed by atoms with E-state index in [2.05, 4.69) is 0 Å². The molecule has 2 rings (SSSR count). The highest BCUT2D eigenvalue weighted by atomic mass is 32.2. The van der Waals surface area contributed by atoms with E-state index in [1.165, 1.54) is 4.90 Å². The van der Waals surface area contributed by atoms with Crippen LogP contribution in [0.3, 0.4) is 0 Å². The van der Waals surface area contributed by atoms with Crippen LogP contribution in [0.2, 0.25) is 0 Å². The van der Waals surface area contributed by atoms with Crippen molar-refractivity contribution in [2.24, 2.45) is 0 Å². The number of hydrogen-bond donors (Lipinski definition) is 0. The van der Waals surface area contributed by atoms with Gasteiger partial charge in [-0.05, 0) is 17.9 Å². The maximum absolute atomic E-state index is 12.0. The van der Waals surface area contributed by atoms with Gasteiger partial charge in [-0.15, -0.1) is 11.8 Å². The third kappa shape index (κ3) is 2.47. The minimum absolute atomic E-state index is 0.208. The van der Waals surface area contributed by atoms with Gasteiger partial charge in [0.1, 0.15) is 0 Å². The Kier molecular flexibility index (Phi) is 4.14. The van der Waals surface area contributed by atoms with E-state index in [0.29, 0.717) is 24.1 Å². The lowest BCUT2D eigenvalue weighted by Gasteiger charge is -2.13. The first kappa shape index (κ1) is 13.2. The first-order valence-electron chi connectivity index (χ1n) is 5.76. The largest absolute Gasteiger partial charge is 0.274 e. The summed E-state index contributed by atoms with van der Waals surface area (Å²) in [6.45, 7) is 2.40. The Morgan fingerprint density at radius 2 is 1.78 bits per heavy atom. The molecule has 0 spiro atoms. The van der Waals surface area contributed by atoms with Crippen molar-refractivity contribution in [2.75, 3.05) is 12.3 Å². The average molecular weight is 279 g/mol. The molecule has 0 N–H and O–H groups in total. The zero-order valence-corrected chi connectivity index (χ0v) is 11.6. The van der Waals surface area contributed by atoms with Crippen molar-refractivity contribution in [1.29, 1.82) is 0 Å². The Bertz CT molecular complexity index is 478. The molecule has 18 heavy (non-hydrogen) atoms. The van der Waals surface area contributed by atoms with E-state index in [9.17, 15) is 9.59 Å². The summed E-state index contributed by atoms with van der Waals surface area (Å²) in [6.07, 6.45) is 0.583. The smallest absolute Gasteiger partial charge is 0.261 e. The van der Waals surface area contributed by atoms with Gasteiger partial charge in [-0.3, -0.25) is 14.5 Å². The molecule has 1 aromatic rings. The number of imide groups is 1. The Hall–Kier alpha value is -1.20. The van der Waals surface area contributed by atoms with Crippen molar-refractivity contribution in [1.82, 2.24) is 4.90 Å². The second kappa shape index (κ2) is 5.63. The first-order chi connectivity index (χ1) is 8.65. The van der Waals surface area contributed by atoms with Crippen LogP contribution < -0.4 is 0 Å². The molecule has 1 aliphatic heterocycles. The van der Waals surface area contributed by atoms with Crippen LogP contribution in [0.4, 0.5) is 0 Å². The summed E-state index contributed by atoms with van der Waals surface area (Å²) in [5, 5.41) is 0. The molecule has 1 aliphatic rings. The van der Waals surface area contributed by atoms with E-state index in [1.807, 2.05) is 6.92 Å². The van der Waals surface area contributed by atoms with E-state index in [0.717, 1.165) is 9.95 Å². The molecule has 0 unspecified atom stereocenters. The number of carbonyl (C=O) groups excluding carboxylic acids is 2. The second-order valence-electron chi connectivity index (χ2n) is 3.86. The van der Waals surface area contributed by atoms with Crippen molar-refractivity contribution >= 4 is 40.0 Å². The van der Waals surface area contributed by atoms with Gasteiger partial charge in [0.15, 0.2) is 0 Å². The third-order valence-electron chi connectivity index (χ3n) is 2.72. The number of hydrogen-bond acceptors (Lipinski definition) is 4. The molecule has 5 heteroatoms. The van der Waals surface area contributed by atoms with Gasteiger partial charge in [0.05, 0.1) is 11.1 Å². The molecule has 3 nitrogen and oxygen atoms in total. The molecule has 0 aromatic heterocycles. The van der Waals surface area contributed by atoms with Gasteiger partial charge >= 0.3 is 0 Å². The predicted molar refractivity (Wildman–Crippen MR) is 77.2 cm³/mol. The van der Waals surface area contributed by atoms with Crippen LogP contribution in [-0.2, 0) is 0 Å². The maximum atomic E-state index is 12.0. The van der Waals surface area contributed by atoms with E-state index >= 15 is 0 Å². The van der Waals surface area contributed by atoms with Crippen LogP contribution in [0.15, 0.2) is 24.3 Å². The number of fused-ring (bicyclic) bond motifs is 1. The summed E-state index contributed by atoms with van der Waals surface area (Å²) in [4.78, 5) is 25.4. The van der Waals surface area contributed by atoms with E-state index in [1.54, 1.807) is 36.0 Å². The number of benzene rings is 1. The van der Waals surface area contributed by atoms with Crippen LogP contribution >= 0.6 is 24.0 Å². The topological polar surface area (TPSA) is 37.4 Å². The Balaban J connectivity index is 2.07. The summed E-state index contributed by atoms with van der Waals surface area (Å²) >= 11 is 6.75. The minimum Gasteiger partial charge on any atom is -0.274 e. The van der Waals surface area contributed by atoms with Crippen molar-refractivity contribution < 1.29 is 9.59 Å². The molecule has 94 valence electrons. The number of amides is 2. The highest BCUT2D eigenvalue weighted by Crippen LogP contribution is 2.23. The second-order valence-corrected chi connectivity index (χ2v) is 5.97. The van der Waals surface area contributed by atoms with E-state index in [4.69, 9.17) is 12.2 Å². The molecule has 1 heterocycles. The Morgan fingerprint density at radius 1 is 1.22 bits per heavy atom. The summed E-state index contributed by atoms with van der Waals surface area (Å²) < 4.78 is 0.842. The number of thiocarbonyl (C=S) groups is 1. The standard InChI is InChI=1S/C13H13NO2S2/c1-2-18-11(17)7-8-14-12(15)9-5-3-4-6-10(9)13(14)16/h3-6H,2,7-8H2,1H3. The molecular weight excluding hydrogens is 266 g/mol. The van der Waals surface area contributed by atoms with Gasteiger partial charge in [-0.1, -0.05) is 31.3 Å². The number of carbonyl (C=O) groups is 2. The molecule has 2 amide bonds. The lowest BCUT2D eigenvalue weighted by molar-refractivity contribution is 0.0659. The van der Waals surface area contributed by atoms with Crippen molar-refractivity contribution in [2.45, 2.75) is 13.3 Å². The fraction of sp³-hybridized carbons (Fsp3) is 0.308. The quantitative estimate of drug-likeness (QED) is 0.627. The van der Waals surface area contributed by atoms with Crippen LogP contribution in [0, 0.1) is 0 Å². The zero-order valence-electron chi connectivity index (χ0n) is 10.0. The SMILES string of the molecule is CCSC(=S)CCN1C(=O)c2ccccc2C1=O. The Morgan fingerprint density at radius 3 is 2.28 bits per heavy atom. The monoisotopic (exact) mass is 279 g/mol. The molecule has 0 fully saturated rings. The van der Waals surface area contributed by atoms with Gasteiger partial charge in [0.2, 0.25) is 0 Å². The van der Waals surface area contributed by atoms with Gasteiger partial charge < -0.3 is 0 Å². The first-order valence-corrected chi connectivity index (χ1v) is 7.15. The summed E-state index contributed by atoms with van der Waals surface area (Å²) in [5.41, 5.74) is 0.994. The lowest BCUT2D eigenvalue weighted by Crippen LogP contribution is -2.31. The molecule has 0 radical (unpaired) electrons. The Labute approximate surface area is 116 Å². The van der Waals surface area contributed by atoms with Crippen molar-refractivity contribution in [3.05, 3.63) is 35.4 Å². The minimum atomic E-state index is -0.208. The molecule has 0 saturated heterocycles. The number of rotatable bonds is 4. The molecular formula is C13H13NO2S2. The van der Waals surface area contributed by atoms with Crippen molar-refractivity contribution in [3.8, 4) is 0 Å². The number of nitrogens with zero attached hydrogens (tertiary/aromatic N) is 1. The average Bonchev–Trinajstić information content (AvgIpc) is 2.61. The fourth-order valence-electron chi connectivity index (χ4n) is 1.88.